The number of halogens is 1. The number of carboxylic acids is 1. The van der Waals surface area contributed by atoms with Crippen LogP contribution in [0.25, 0.3) is 0 Å². The van der Waals surface area contributed by atoms with E-state index in [0.29, 0.717) is 0 Å². The number of carbonyl (C=O) groups is 2. The van der Waals surface area contributed by atoms with Crippen LogP contribution in [0, 0.1) is 0 Å². The van der Waals surface area contributed by atoms with E-state index in [1.165, 1.54) is 6.92 Å². The first kappa shape index (κ1) is 13.0. The number of aliphatic hydroxyl groups is 1. The van der Waals surface area contributed by atoms with E-state index in [0.717, 1.165) is 11.3 Å². The second-order valence-corrected chi connectivity index (χ2v) is 4.45. The zero-order valence-electron chi connectivity index (χ0n) is 8.31. The van der Waals surface area contributed by atoms with E-state index in [4.69, 9.17) is 16.7 Å². The van der Waals surface area contributed by atoms with E-state index in [-0.39, 0.29) is 9.90 Å². The Labute approximate surface area is 101 Å². The number of carbonyl (C=O) groups excluding carboxylic acids is 1. The molecule has 88 valence electrons. The molecule has 1 rings (SSSR count). The Kier molecular flexibility index (Phi) is 4.28. The third kappa shape index (κ3) is 2.94. The minimum Gasteiger partial charge on any atom is -0.480 e. The molecule has 3 N–H and O–H groups in total. The van der Waals surface area contributed by atoms with E-state index in [1.807, 2.05) is 0 Å². The monoisotopic (exact) mass is 263 g/mol. The van der Waals surface area contributed by atoms with Crippen LogP contribution in [0.3, 0.4) is 0 Å². The normalized spacial score (nSPS) is 14.2. The van der Waals surface area contributed by atoms with Crippen LogP contribution in [0.5, 0.6) is 0 Å². The Morgan fingerprint density at radius 3 is 2.56 bits per heavy atom. The van der Waals surface area contributed by atoms with Gasteiger partial charge < -0.3 is 15.5 Å². The molecule has 0 unspecified atom stereocenters. The molecule has 0 saturated heterocycles. The van der Waals surface area contributed by atoms with Gasteiger partial charge in [-0.25, -0.2) is 4.79 Å². The molecule has 7 heteroatoms. The fourth-order valence-electron chi connectivity index (χ4n) is 1.05. The van der Waals surface area contributed by atoms with E-state index >= 15 is 0 Å². The largest absolute Gasteiger partial charge is 0.480 e. The lowest BCUT2D eigenvalue weighted by Crippen LogP contribution is -2.47. The van der Waals surface area contributed by atoms with Crippen LogP contribution in [0.15, 0.2) is 11.4 Å². The zero-order valence-corrected chi connectivity index (χ0v) is 9.88. The van der Waals surface area contributed by atoms with Gasteiger partial charge >= 0.3 is 5.97 Å². The predicted molar refractivity (Wildman–Crippen MR) is 59.9 cm³/mol. The summed E-state index contributed by atoms with van der Waals surface area (Å²) in [6, 6.07) is 0.199. The van der Waals surface area contributed by atoms with Crippen LogP contribution >= 0.6 is 22.9 Å². The Hall–Kier alpha value is -1.11. The van der Waals surface area contributed by atoms with Crippen molar-refractivity contribution in [2.24, 2.45) is 0 Å². The number of amides is 1. The van der Waals surface area contributed by atoms with E-state index < -0.39 is 24.0 Å². The van der Waals surface area contributed by atoms with Crippen molar-refractivity contribution in [1.82, 2.24) is 5.32 Å². The minimum atomic E-state index is -1.34. The predicted octanol–water partition coefficient (Wildman–Crippen LogP) is 0.965. The molecule has 16 heavy (non-hydrogen) atoms. The van der Waals surface area contributed by atoms with Gasteiger partial charge in [0.15, 0.2) is 6.04 Å². The van der Waals surface area contributed by atoms with Crippen LogP contribution in [0.4, 0.5) is 0 Å². The maximum Gasteiger partial charge on any atom is 0.328 e. The van der Waals surface area contributed by atoms with Crippen LogP contribution in [-0.2, 0) is 4.79 Å². The highest BCUT2D eigenvalue weighted by Gasteiger charge is 2.26. The highest BCUT2D eigenvalue weighted by molar-refractivity contribution is 7.12. The van der Waals surface area contributed by atoms with Crippen molar-refractivity contribution >= 4 is 34.8 Å². The first-order chi connectivity index (χ1) is 7.43. The minimum absolute atomic E-state index is 0.230. The molecule has 5 nitrogen and oxygen atoms in total. The average Bonchev–Trinajstić information content (AvgIpc) is 2.59. The summed E-state index contributed by atoms with van der Waals surface area (Å²) in [5, 5.41) is 22.0. The molecule has 1 aromatic heterocycles. The Balaban J connectivity index is 2.77. The molecule has 1 aromatic rings. The van der Waals surface area contributed by atoms with Gasteiger partial charge in [0, 0.05) is 0 Å². The van der Waals surface area contributed by atoms with Gasteiger partial charge in [-0.05, 0) is 18.4 Å². The van der Waals surface area contributed by atoms with E-state index in [2.05, 4.69) is 5.32 Å². The molecule has 0 saturated carbocycles. The number of nitrogens with one attached hydrogen (secondary N) is 1. The van der Waals surface area contributed by atoms with Crippen molar-refractivity contribution in [3.63, 3.8) is 0 Å². The molecule has 0 aliphatic heterocycles. The van der Waals surface area contributed by atoms with Gasteiger partial charge in [0.2, 0.25) is 0 Å². The third-order valence-corrected chi connectivity index (χ3v) is 3.20. The molecule has 0 aliphatic carbocycles. The maximum absolute atomic E-state index is 11.6. The second kappa shape index (κ2) is 5.29. The highest BCUT2D eigenvalue weighted by Crippen LogP contribution is 2.21. The lowest BCUT2D eigenvalue weighted by atomic mass is 10.2. The molecule has 0 aromatic carbocycles. The van der Waals surface area contributed by atoms with Gasteiger partial charge in [-0.2, -0.15) is 0 Å². The van der Waals surface area contributed by atoms with Gasteiger partial charge in [-0.15, -0.1) is 11.3 Å². The summed E-state index contributed by atoms with van der Waals surface area (Å²) in [5.41, 5.74) is 0. The van der Waals surface area contributed by atoms with Crippen LogP contribution in [0.1, 0.15) is 16.6 Å². The molecule has 0 radical (unpaired) electrons. The summed E-state index contributed by atoms with van der Waals surface area (Å²) in [6.45, 7) is 1.29. The molecule has 1 amide bonds. The lowest BCUT2D eigenvalue weighted by molar-refractivity contribution is -0.141. The zero-order chi connectivity index (χ0) is 12.3. The molecule has 1 heterocycles. The SMILES string of the molecule is C[C@@H](O)[C@H](NC(=O)c1sccc1Cl)C(=O)O. The summed E-state index contributed by atoms with van der Waals surface area (Å²) >= 11 is 6.82. The standard InChI is InChI=1S/C9H10ClNO4S/c1-4(12)6(9(14)15)11-8(13)7-5(10)2-3-16-7/h2-4,6,12H,1H3,(H,11,13)(H,14,15)/t4-,6+/m1/s1. The first-order valence-electron chi connectivity index (χ1n) is 4.38. The molecule has 0 fully saturated rings. The summed E-state index contributed by atoms with van der Waals surface area (Å²) in [5.74, 6) is -1.90. The lowest BCUT2D eigenvalue weighted by Gasteiger charge is -2.16. The fourth-order valence-corrected chi connectivity index (χ4v) is 2.10. The number of rotatable bonds is 4. The Morgan fingerprint density at radius 1 is 1.56 bits per heavy atom. The molecular weight excluding hydrogens is 254 g/mol. The molecule has 0 aliphatic rings. The maximum atomic E-state index is 11.6. The van der Waals surface area contributed by atoms with Crippen molar-refractivity contribution in [2.75, 3.05) is 0 Å². The van der Waals surface area contributed by atoms with Gasteiger partial charge in [0.1, 0.15) is 4.88 Å². The first-order valence-corrected chi connectivity index (χ1v) is 5.64. The van der Waals surface area contributed by atoms with Crippen molar-refractivity contribution in [3.05, 3.63) is 21.3 Å². The van der Waals surface area contributed by atoms with Crippen molar-refractivity contribution in [1.29, 1.82) is 0 Å². The number of hydrogen-bond acceptors (Lipinski definition) is 4. The Morgan fingerprint density at radius 2 is 2.19 bits per heavy atom. The van der Waals surface area contributed by atoms with Gasteiger partial charge in [0.25, 0.3) is 5.91 Å². The van der Waals surface area contributed by atoms with Gasteiger partial charge in [0.05, 0.1) is 11.1 Å². The van der Waals surface area contributed by atoms with Gasteiger partial charge in [-0.1, -0.05) is 11.6 Å². The summed E-state index contributed by atoms with van der Waals surface area (Å²) in [6.07, 6.45) is -1.18. The smallest absolute Gasteiger partial charge is 0.328 e. The van der Waals surface area contributed by atoms with E-state index in [9.17, 15) is 14.7 Å². The number of thiophene rings is 1. The topological polar surface area (TPSA) is 86.6 Å². The summed E-state index contributed by atoms with van der Waals surface area (Å²) < 4.78 is 0. The van der Waals surface area contributed by atoms with Crippen molar-refractivity contribution in [2.45, 2.75) is 19.1 Å². The van der Waals surface area contributed by atoms with Gasteiger partial charge in [-0.3, -0.25) is 4.79 Å². The number of aliphatic hydroxyl groups excluding tert-OH is 1. The van der Waals surface area contributed by atoms with Crippen LogP contribution < -0.4 is 5.32 Å². The quantitative estimate of drug-likeness (QED) is 0.755. The number of aliphatic carboxylic acids is 1. The third-order valence-electron chi connectivity index (χ3n) is 1.86. The molecule has 0 bridgehead atoms. The van der Waals surface area contributed by atoms with Crippen molar-refractivity contribution < 1.29 is 19.8 Å². The summed E-state index contributed by atoms with van der Waals surface area (Å²) in [7, 11) is 0. The van der Waals surface area contributed by atoms with E-state index in [1.54, 1.807) is 11.4 Å². The Bertz CT molecular complexity index is 404. The number of hydrogen-bond donors (Lipinski definition) is 3. The summed E-state index contributed by atoms with van der Waals surface area (Å²) in [4.78, 5) is 22.5. The molecular formula is C9H10ClNO4S. The highest BCUT2D eigenvalue weighted by atomic mass is 35.5. The van der Waals surface area contributed by atoms with Crippen LogP contribution in [0.2, 0.25) is 5.02 Å². The molecule has 0 spiro atoms. The fraction of sp³-hybridized carbons (Fsp3) is 0.333. The average molecular weight is 264 g/mol. The molecule has 2 atom stereocenters. The van der Waals surface area contributed by atoms with Crippen LogP contribution in [-0.4, -0.2) is 34.2 Å². The van der Waals surface area contributed by atoms with Crippen molar-refractivity contribution in [3.8, 4) is 0 Å². The second-order valence-electron chi connectivity index (χ2n) is 3.13. The number of carboxylic acid groups (broad SMARTS) is 1.